The Bertz CT molecular complexity index is 950. The second-order valence-electron chi connectivity index (χ2n) is 4.95. The van der Waals surface area contributed by atoms with E-state index < -0.39 is 0 Å². The van der Waals surface area contributed by atoms with Crippen molar-refractivity contribution in [3.8, 4) is 0 Å². The first kappa shape index (κ1) is 16.6. The van der Waals surface area contributed by atoms with Gasteiger partial charge in [0.1, 0.15) is 0 Å². The van der Waals surface area contributed by atoms with Crippen LogP contribution in [0.3, 0.4) is 0 Å². The number of aromatic nitrogens is 4. The van der Waals surface area contributed by atoms with Gasteiger partial charge in [-0.05, 0) is 11.8 Å². The summed E-state index contributed by atoms with van der Waals surface area (Å²) >= 11 is 2.91. The first-order valence-corrected chi connectivity index (χ1v) is 9.09. The van der Waals surface area contributed by atoms with Gasteiger partial charge in [-0.3, -0.25) is 9.59 Å². The second kappa shape index (κ2) is 7.10. The van der Waals surface area contributed by atoms with Crippen molar-refractivity contribution >= 4 is 44.9 Å². The van der Waals surface area contributed by atoms with E-state index in [0.717, 1.165) is 10.1 Å². The van der Waals surface area contributed by atoms with Crippen molar-refractivity contribution in [3.63, 3.8) is 0 Å². The summed E-state index contributed by atoms with van der Waals surface area (Å²) in [5, 5.41) is 16.6. The molecule has 1 amide bonds. The predicted molar refractivity (Wildman–Crippen MR) is 95.6 cm³/mol. The average Bonchev–Trinajstić information content (AvgIpc) is 3.00. The van der Waals surface area contributed by atoms with Gasteiger partial charge in [0, 0.05) is 12.4 Å². The Morgan fingerprint density at radius 1 is 1.29 bits per heavy atom. The molecule has 3 rings (SSSR count). The van der Waals surface area contributed by atoms with Crippen LogP contribution < -0.4 is 10.9 Å². The number of nitrogens with one attached hydrogen (secondary N) is 1. The zero-order valence-corrected chi connectivity index (χ0v) is 14.8. The monoisotopic (exact) mass is 361 g/mol. The summed E-state index contributed by atoms with van der Waals surface area (Å²) in [6, 6.07) is 7.15. The Labute approximate surface area is 146 Å². The van der Waals surface area contributed by atoms with Crippen molar-refractivity contribution in [1.29, 1.82) is 0 Å². The van der Waals surface area contributed by atoms with Crippen LogP contribution in [-0.2, 0) is 18.3 Å². The molecule has 9 heteroatoms. The van der Waals surface area contributed by atoms with Crippen molar-refractivity contribution in [2.75, 3.05) is 11.1 Å². The standard InChI is InChI=1S/C15H15N5O2S2/c1-3-23-15-18-17-14(24-15)16-12(21)8-11-9-6-4-5-7-10(9)13(22)20(2)19-11/h4-7H,3,8H2,1-2H3,(H,16,17,21). The molecular weight excluding hydrogens is 346 g/mol. The number of carbonyl (C=O) groups excluding carboxylic acids is 1. The van der Waals surface area contributed by atoms with Gasteiger partial charge in [0.05, 0.1) is 17.5 Å². The molecule has 7 nitrogen and oxygen atoms in total. The van der Waals surface area contributed by atoms with Crippen LogP contribution in [0.25, 0.3) is 10.8 Å². The summed E-state index contributed by atoms with van der Waals surface area (Å²) in [6.45, 7) is 2.03. The molecule has 0 atom stereocenters. The molecule has 1 aromatic carbocycles. The summed E-state index contributed by atoms with van der Waals surface area (Å²) < 4.78 is 2.07. The number of fused-ring (bicyclic) bond motifs is 1. The summed E-state index contributed by atoms with van der Waals surface area (Å²) in [6.07, 6.45) is 0.0600. The third-order valence-corrected chi connectivity index (χ3v) is 5.14. The molecule has 0 fully saturated rings. The lowest BCUT2D eigenvalue weighted by molar-refractivity contribution is -0.115. The fraction of sp³-hybridized carbons (Fsp3) is 0.267. The Balaban J connectivity index is 1.82. The van der Waals surface area contributed by atoms with Gasteiger partial charge in [0.15, 0.2) is 4.34 Å². The minimum absolute atomic E-state index is 0.0600. The third-order valence-electron chi connectivity index (χ3n) is 3.28. The van der Waals surface area contributed by atoms with Crippen LogP contribution >= 0.6 is 23.1 Å². The molecule has 24 heavy (non-hydrogen) atoms. The number of hydrogen-bond acceptors (Lipinski definition) is 7. The van der Waals surface area contributed by atoms with Gasteiger partial charge < -0.3 is 5.32 Å². The SMILES string of the molecule is CCSc1nnc(NC(=O)Cc2nn(C)c(=O)c3ccccc23)s1. The van der Waals surface area contributed by atoms with Crippen LogP contribution in [0.15, 0.2) is 33.4 Å². The van der Waals surface area contributed by atoms with Gasteiger partial charge in [-0.2, -0.15) is 5.10 Å². The van der Waals surface area contributed by atoms with Crippen LogP contribution in [0.4, 0.5) is 5.13 Å². The van der Waals surface area contributed by atoms with Gasteiger partial charge in [0.2, 0.25) is 11.0 Å². The molecular formula is C15H15N5O2S2. The summed E-state index contributed by atoms with van der Waals surface area (Å²) in [5.74, 6) is 0.659. The number of nitrogens with zero attached hydrogens (tertiary/aromatic N) is 4. The highest BCUT2D eigenvalue weighted by Gasteiger charge is 2.14. The van der Waals surface area contributed by atoms with Crippen molar-refractivity contribution < 1.29 is 4.79 Å². The number of thioether (sulfide) groups is 1. The molecule has 0 spiro atoms. The lowest BCUT2D eigenvalue weighted by Crippen LogP contribution is -2.24. The minimum atomic E-state index is -0.240. The molecule has 0 saturated heterocycles. The number of aryl methyl sites for hydroxylation is 1. The number of carbonyl (C=O) groups is 1. The van der Waals surface area contributed by atoms with Gasteiger partial charge >= 0.3 is 0 Å². The molecule has 0 aliphatic rings. The molecule has 0 saturated carbocycles. The fourth-order valence-corrected chi connectivity index (χ4v) is 3.93. The van der Waals surface area contributed by atoms with Crippen molar-refractivity contribution in [3.05, 3.63) is 40.3 Å². The van der Waals surface area contributed by atoms with E-state index in [1.54, 1.807) is 37.0 Å². The number of hydrogen-bond donors (Lipinski definition) is 1. The van der Waals surface area contributed by atoms with E-state index in [2.05, 4.69) is 20.6 Å². The Kier molecular flexibility index (Phi) is 4.91. The highest BCUT2D eigenvalue weighted by molar-refractivity contribution is 8.01. The average molecular weight is 361 g/mol. The highest BCUT2D eigenvalue weighted by Crippen LogP contribution is 2.25. The Morgan fingerprint density at radius 2 is 2.04 bits per heavy atom. The topological polar surface area (TPSA) is 89.8 Å². The number of rotatable bonds is 5. The van der Waals surface area contributed by atoms with Crippen LogP contribution in [-0.4, -0.2) is 31.6 Å². The summed E-state index contributed by atoms with van der Waals surface area (Å²) in [4.78, 5) is 24.4. The largest absolute Gasteiger partial charge is 0.300 e. The van der Waals surface area contributed by atoms with E-state index in [1.165, 1.54) is 16.0 Å². The maximum Gasteiger partial charge on any atom is 0.274 e. The van der Waals surface area contributed by atoms with Gasteiger partial charge in [0.25, 0.3) is 5.56 Å². The third kappa shape index (κ3) is 3.46. The first-order chi connectivity index (χ1) is 11.6. The molecule has 124 valence electrons. The molecule has 0 bridgehead atoms. The van der Waals surface area contributed by atoms with E-state index in [0.29, 0.717) is 21.6 Å². The quantitative estimate of drug-likeness (QED) is 0.553. The molecule has 2 heterocycles. The summed E-state index contributed by atoms with van der Waals surface area (Å²) in [5.41, 5.74) is 0.373. The Morgan fingerprint density at radius 3 is 2.79 bits per heavy atom. The van der Waals surface area contributed by atoms with Crippen molar-refractivity contribution in [2.24, 2.45) is 7.05 Å². The maximum atomic E-state index is 12.3. The van der Waals surface area contributed by atoms with Gasteiger partial charge in [-0.1, -0.05) is 48.2 Å². The van der Waals surface area contributed by atoms with Crippen molar-refractivity contribution in [1.82, 2.24) is 20.0 Å². The predicted octanol–water partition coefficient (Wildman–Crippen LogP) is 2.08. The van der Waals surface area contributed by atoms with E-state index >= 15 is 0 Å². The maximum absolute atomic E-state index is 12.3. The van der Waals surface area contributed by atoms with Crippen LogP contribution in [0.1, 0.15) is 12.6 Å². The second-order valence-corrected chi connectivity index (χ2v) is 7.44. The zero-order valence-electron chi connectivity index (χ0n) is 13.1. The zero-order chi connectivity index (χ0) is 17.1. The normalized spacial score (nSPS) is 10.9. The molecule has 0 unspecified atom stereocenters. The molecule has 0 aliphatic carbocycles. The van der Waals surface area contributed by atoms with E-state index in [1.807, 2.05) is 13.0 Å². The van der Waals surface area contributed by atoms with Gasteiger partial charge in [-0.15, -0.1) is 10.2 Å². The van der Waals surface area contributed by atoms with E-state index in [9.17, 15) is 9.59 Å². The van der Waals surface area contributed by atoms with Crippen LogP contribution in [0, 0.1) is 0 Å². The number of benzene rings is 1. The first-order valence-electron chi connectivity index (χ1n) is 7.29. The fourth-order valence-electron chi connectivity index (χ4n) is 2.26. The van der Waals surface area contributed by atoms with E-state index in [4.69, 9.17) is 0 Å². The van der Waals surface area contributed by atoms with Gasteiger partial charge in [-0.25, -0.2) is 4.68 Å². The summed E-state index contributed by atoms with van der Waals surface area (Å²) in [7, 11) is 1.58. The Hall–Kier alpha value is -2.26. The van der Waals surface area contributed by atoms with Crippen LogP contribution in [0.5, 0.6) is 0 Å². The smallest absolute Gasteiger partial charge is 0.274 e. The van der Waals surface area contributed by atoms with E-state index in [-0.39, 0.29) is 17.9 Å². The number of amides is 1. The van der Waals surface area contributed by atoms with Crippen LogP contribution in [0.2, 0.25) is 0 Å². The highest BCUT2D eigenvalue weighted by atomic mass is 32.2. The number of anilines is 1. The lowest BCUT2D eigenvalue weighted by atomic mass is 10.1. The lowest BCUT2D eigenvalue weighted by Gasteiger charge is -2.07. The van der Waals surface area contributed by atoms with Crippen molar-refractivity contribution in [2.45, 2.75) is 17.7 Å². The molecule has 0 aliphatic heterocycles. The minimum Gasteiger partial charge on any atom is -0.300 e. The molecule has 2 aromatic heterocycles. The molecule has 3 aromatic rings. The molecule has 1 N–H and O–H groups in total. The molecule has 0 radical (unpaired) electrons.